The maximum absolute atomic E-state index is 12.3. The van der Waals surface area contributed by atoms with Gasteiger partial charge in [-0.3, -0.25) is 0 Å². The summed E-state index contributed by atoms with van der Waals surface area (Å²) in [5.74, 6) is -1.35. The predicted octanol–water partition coefficient (Wildman–Crippen LogP) is 2.96. The summed E-state index contributed by atoms with van der Waals surface area (Å²) < 4.78 is 38.2. The number of carbonyl (C=O) groups is 1. The summed E-state index contributed by atoms with van der Waals surface area (Å²) in [5, 5.41) is 10.4. The second-order valence-electron chi connectivity index (χ2n) is 3.21. The molecular weight excluding hydrogens is 243 g/mol. The molecule has 2 rings (SSSR count). The zero-order valence-electron chi connectivity index (χ0n) is 7.78. The number of rotatable bonds is 2. The van der Waals surface area contributed by atoms with Gasteiger partial charge in [0.25, 0.3) is 0 Å². The van der Waals surface area contributed by atoms with Gasteiger partial charge in [0.15, 0.2) is 0 Å². The van der Waals surface area contributed by atoms with Gasteiger partial charge in [0.1, 0.15) is 12.2 Å². The zero-order chi connectivity index (χ0) is 11.9. The summed E-state index contributed by atoms with van der Waals surface area (Å²) in [6.07, 6.45) is -4.43. The fourth-order valence-corrected chi connectivity index (χ4v) is 2.33. The molecule has 7 heteroatoms. The zero-order valence-corrected chi connectivity index (χ0v) is 8.60. The highest BCUT2D eigenvalue weighted by molar-refractivity contribution is 7.17. The molecular formula is C9H6F3NO2S. The van der Waals surface area contributed by atoms with E-state index in [-0.39, 0.29) is 5.69 Å². The van der Waals surface area contributed by atoms with E-state index >= 15 is 0 Å². The molecule has 2 aromatic heterocycles. The molecule has 0 bridgehead atoms. The van der Waals surface area contributed by atoms with Crippen LogP contribution in [0.25, 0.3) is 10.2 Å². The van der Waals surface area contributed by atoms with Gasteiger partial charge in [-0.15, -0.1) is 11.3 Å². The van der Waals surface area contributed by atoms with Crippen molar-refractivity contribution in [2.45, 2.75) is 12.7 Å². The Morgan fingerprint density at radius 1 is 1.50 bits per heavy atom. The molecule has 2 aromatic rings. The summed E-state index contributed by atoms with van der Waals surface area (Å²) in [6.45, 7) is -1.28. The normalized spacial score (nSPS) is 12.2. The third-order valence-electron chi connectivity index (χ3n) is 2.08. The van der Waals surface area contributed by atoms with Crippen LogP contribution in [-0.2, 0) is 6.54 Å². The van der Waals surface area contributed by atoms with E-state index in [9.17, 15) is 18.0 Å². The Kier molecular flexibility index (Phi) is 2.42. The smallest absolute Gasteiger partial charge is 0.406 e. The number of aromatic nitrogens is 1. The number of hydrogen-bond acceptors (Lipinski definition) is 2. The van der Waals surface area contributed by atoms with E-state index in [1.54, 1.807) is 5.38 Å². The van der Waals surface area contributed by atoms with Gasteiger partial charge < -0.3 is 9.67 Å². The second-order valence-corrected chi connectivity index (χ2v) is 4.15. The molecule has 0 unspecified atom stereocenters. The number of carboxylic acid groups (broad SMARTS) is 1. The number of fused-ring (bicyclic) bond motifs is 1. The van der Waals surface area contributed by atoms with E-state index in [0.717, 1.165) is 4.57 Å². The molecule has 0 aliphatic carbocycles. The summed E-state index contributed by atoms with van der Waals surface area (Å²) in [4.78, 5) is 10.8. The van der Waals surface area contributed by atoms with Crippen molar-refractivity contribution in [1.82, 2.24) is 4.57 Å². The summed E-state index contributed by atoms with van der Waals surface area (Å²) >= 11 is 1.21. The average molecular weight is 249 g/mol. The molecule has 0 aliphatic rings. The van der Waals surface area contributed by atoms with Crippen LogP contribution in [0.4, 0.5) is 13.2 Å². The maximum Gasteiger partial charge on any atom is 0.406 e. The van der Waals surface area contributed by atoms with Crippen molar-refractivity contribution in [1.29, 1.82) is 0 Å². The van der Waals surface area contributed by atoms with Crippen LogP contribution in [-0.4, -0.2) is 21.8 Å². The predicted molar refractivity (Wildman–Crippen MR) is 52.8 cm³/mol. The first kappa shape index (κ1) is 11.0. The van der Waals surface area contributed by atoms with E-state index in [4.69, 9.17) is 5.11 Å². The number of carboxylic acids is 1. The molecule has 0 atom stereocenters. The van der Waals surface area contributed by atoms with Crippen molar-refractivity contribution < 1.29 is 23.1 Å². The first-order valence-corrected chi connectivity index (χ1v) is 5.13. The number of aromatic carboxylic acids is 1. The van der Waals surface area contributed by atoms with Gasteiger partial charge in [0.05, 0.1) is 10.2 Å². The van der Waals surface area contributed by atoms with Gasteiger partial charge in [-0.2, -0.15) is 13.2 Å². The molecule has 86 valence electrons. The van der Waals surface area contributed by atoms with Crippen LogP contribution in [0.5, 0.6) is 0 Å². The Hall–Kier alpha value is -1.50. The van der Waals surface area contributed by atoms with Crippen molar-refractivity contribution in [2.75, 3.05) is 0 Å². The second kappa shape index (κ2) is 3.51. The Labute approximate surface area is 91.7 Å². The lowest BCUT2D eigenvalue weighted by atomic mass is 10.4. The van der Waals surface area contributed by atoms with E-state index in [2.05, 4.69) is 0 Å². The van der Waals surface area contributed by atoms with E-state index in [1.165, 1.54) is 23.5 Å². The Bertz CT molecular complexity index is 540. The molecule has 0 saturated heterocycles. The highest BCUT2D eigenvalue weighted by Gasteiger charge is 2.31. The van der Waals surface area contributed by atoms with E-state index in [1.807, 2.05) is 0 Å². The van der Waals surface area contributed by atoms with Crippen molar-refractivity contribution in [2.24, 2.45) is 0 Å². The minimum atomic E-state index is -4.43. The first-order valence-electron chi connectivity index (χ1n) is 4.25. The van der Waals surface area contributed by atoms with Crippen molar-refractivity contribution >= 4 is 27.5 Å². The minimum Gasteiger partial charge on any atom is -0.477 e. The lowest BCUT2D eigenvalue weighted by Crippen LogP contribution is -2.20. The fourth-order valence-electron chi connectivity index (χ4n) is 1.50. The van der Waals surface area contributed by atoms with E-state index in [0.29, 0.717) is 10.2 Å². The molecule has 0 radical (unpaired) electrons. The Morgan fingerprint density at radius 2 is 2.19 bits per heavy atom. The van der Waals surface area contributed by atoms with Gasteiger partial charge >= 0.3 is 12.1 Å². The van der Waals surface area contributed by atoms with Gasteiger partial charge in [0.2, 0.25) is 0 Å². The van der Waals surface area contributed by atoms with Gasteiger partial charge in [-0.25, -0.2) is 4.79 Å². The molecule has 0 spiro atoms. The third kappa shape index (κ3) is 1.90. The van der Waals surface area contributed by atoms with Crippen LogP contribution in [0.1, 0.15) is 10.5 Å². The van der Waals surface area contributed by atoms with Crippen molar-refractivity contribution in [3.05, 3.63) is 23.2 Å². The quantitative estimate of drug-likeness (QED) is 0.889. The molecule has 1 N–H and O–H groups in total. The number of nitrogens with zero attached hydrogens (tertiary/aromatic N) is 1. The third-order valence-corrected chi connectivity index (χ3v) is 2.93. The van der Waals surface area contributed by atoms with Gasteiger partial charge in [-0.1, -0.05) is 0 Å². The van der Waals surface area contributed by atoms with Crippen LogP contribution in [0.15, 0.2) is 17.5 Å². The van der Waals surface area contributed by atoms with Gasteiger partial charge in [-0.05, 0) is 17.5 Å². The van der Waals surface area contributed by atoms with Gasteiger partial charge in [0, 0.05) is 0 Å². The number of halogens is 3. The first-order chi connectivity index (χ1) is 7.38. The highest BCUT2D eigenvalue weighted by atomic mass is 32.1. The summed E-state index contributed by atoms with van der Waals surface area (Å²) in [6, 6.07) is 2.74. The standard InChI is InChI=1S/C9H6F3NO2S/c10-9(11,12)4-13-5-1-2-16-7(5)3-6(13)8(14)15/h1-3H,4H2,(H,14,15). The molecule has 0 saturated carbocycles. The number of hydrogen-bond donors (Lipinski definition) is 1. The van der Waals surface area contributed by atoms with Crippen LogP contribution < -0.4 is 0 Å². The maximum atomic E-state index is 12.3. The molecule has 0 amide bonds. The van der Waals surface area contributed by atoms with Crippen molar-refractivity contribution in [3.8, 4) is 0 Å². The minimum absolute atomic E-state index is 0.305. The molecule has 0 aliphatic heterocycles. The Balaban J connectivity index is 2.58. The van der Waals surface area contributed by atoms with Crippen LogP contribution in [0.2, 0.25) is 0 Å². The van der Waals surface area contributed by atoms with Crippen LogP contribution in [0, 0.1) is 0 Å². The fraction of sp³-hybridized carbons (Fsp3) is 0.222. The van der Waals surface area contributed by atoms with Crippen molar-refractivity contribution in [3.63, 3.8) is 0 Å². The topological polar surface area (TPSA) is 42.2 Å². The SMILES string of the molecule is O=C(O)c1cc2sccc2n1CC(F)(F)F. The highest BCUT2D eigenvalue weighted by Crippen LogP contribution is 2.28. The largest absolute Gasteiger partial charge is 0.477 e. The molecule has 0 fully saturated rings. The molecule has 16 heavy (non-hydrogen) atoms. The number of alkyl halides is 3. The molecule has 3 nitrogen and oxygen atoms in total. The molecule has 0 aromatic carbocycles. The monoisotopic (exact) mass is 249 g/mol. The van der Waals surface area contributed by atoms with Crippen LogP contribution in [0.3, 0.4) is 0 Å². The lowest BCUT2D eigenvalue weighted by Gasteiger charge is -2.10. The van der Waals surface area contributed by atoms with E-state index < -0.39 is 18.7 Å². The average Bonchev–Trinajstić information content (AvgIpc) is 2.65. The van der Waals surface area contributed by atoms with Crippen LogP contribution >= 0.6 is 11.3 Å². The number of thiophene rings is 1. The summed E-state index contributed by atoms with van der Waals surface area (Å²) in [7, 11) is 0. The lowest BCUT2D eigenvalue weighted by molar-refractivity contribution is -0.140. The molecule has 2 heterocycles. The summed E-state index contributed by atoms with van der Waals surface area (Å²) in [5.41, 5.74) is -0.0288. The Morgan fingerprint density at radius 3 is 2.75 bits per heavy atom.